The molecule has 0 bridgehead atoms. The number of carbonyl (C=O) groups is 2. The maximum absolute atomic E-state index is 13.6. The van der Waals surface area contributed by atoms with Crippen LogP contribution in [-0.2, 0) is 22.9 Å². The van der Waals surface area contributed by atoms with Gasteiger partial charge in [0.1, 0.15) is 10.8 Å². The van der Waals surface area contributed by atoms with E-state index in [1.54, 1.807) is 0 Å². The van der Waals surface area contributed by atoms with Crippen LogP contribution in [-0.4, -0.2) is 24.5 Å². The standard InChI is InChI=1S/C21H22F4N2O3S/c1-19(2)9-11-14(18(29)30-5)17(31-15(11)20(3,4)27-19)26-16(28)10-6-7-13(22)12(8-10)21(23,24)25/h6-8,27H,9H2,1-5H3,(H,26,28). The van der Waals surface area contributed by atoms with Crippen LogP contribution in [0.4, 0.5) is 22.6 Å². The number of carbonyl (C=O) groups excluding carboxylic acids is 2. The fourth-order valence-corrected chi connectivity index (χ4v) is 5.25. The number of amides is 1. The molecule has 1 aromatic carbocycles. The Balaban J connectivity index is 2.06. The number of ether oxygens (including phenoxy) is 1. The Bertz CT molecular complexity index is 1060. The van der Waals surface area contributed by atoms with Gasteiger partial charge in [0.2, 0.25) is 0 Å². The summed E-state index contributed by atoms with van der Waals surface area (Å²) in [6, 6.07) is 2.00. The smallest absolute Gasteiger partial charge is 0.419 e. The van der Waals surface area contributed by atoms with Crippen LogP contribution in [0, 0.1) is 5.82 Å². The van der Waals surface area contributed by atoms with E-state index in [-0.39, 0.29) is 21.7 Å². The predicted molar refractivity (Wildman–Crippen MR) is 109 cm³/mol. The van der Waals surface area contributed by atoms with Gasteiger partial charge in [0.25, 0.3) is 5.91 Å². The van der Waals surface area contributed by atoms with Crippen molar-refractivity contribution >= 4 is 28.2 Å². The average molecular weight is 458 g/mol. The van der Waals surface area contributed by atoms with Gasteiger partial charge in [-0.05, 0) is 57.9 Å². The number of esters is 1. The summed E-state index contributed by atoms with van der Waals surface area (Å²) >= 11 is 1.16. The summed E-state index contributed by atoms with van der Waals surface area (Å²) in [6.45, 7) is 7.83. The van der Waals surface area contributed by atoms with Crippen molar-refractivity contribution in [1.82, 2.24) is 5.32 Å². The normalized spacial score (nSPS) is 17.1. The van der Waals surface area contributed by atoms with E-state index in [0.29, 0.717) is 18.6 Å². The minimum Gasteiger partial charge on any atom is -0.465 e. The van der Waals surface area contributed by atoms with Crippen LogP contribution in [0.5, 0.6) is 0 Å². The van der Waals surface area contributed by atoms with Gasteiger partial charge in [-0.25, -0.2) is 9.18 Å². The topological polar surface area (TPSA) is 67.4 Å². The summed E-state index contributed by atoms with van der Waals surface area (Å²) in [4.78, 5) is 26.1. The van der Waals surface area contributed by atoms with E-state index in [2.05, 4.69) is 10.6 Å². The van der Waals surface area contributed by atoms with Crippen molar-refractivity contribution in [2.45, 2.75) is 51.4 Å². The zero-order valence-electron chi connectivity index (χ0n) is 17.6. The first-order chi connectivity index (χ1) is 14.2. The van der Waals surface area contributed by atoms with Gasteiger partial charge in [0.15, 0.2) is 0 Å². The Hall–Kier alpha value is -2.46. The van der Waals surface area contributed by atoms with Gasteiger partial charge >= 0.3 is 12.1 Å². The molecule has 168 valence electrons. The third kappa shape index (κ3) is 4.45. The van der Waals surface area contributed by atoms with Crippen LogP contribution in [0.2, 0.25) is 0 Å². The number of anilines is 1. The van der Waals surface area contributed by atoms with Crippen molar-refractivity contribution in [3.8, 4) is 0 Å². The largest absolute Gasteiger partial charge is 0.465 e. The second-order valence-electron chi connectivity index (χ2n) is 8.56. The van der Waals surface area contributed by atoms with E-state index in [4.69, 9.17) is 4.74 Å². The predicted octanol–water partition coefficient (Wildman–Crippen LogP) is 5.10. The molecule has 10 heteroatoms. The number of rotatable bonds is 3. The molecule has 2 aromatic rings. The highest BCUT2D eigenvalue weighted by atomic mass is 32.1. The van der Waals surface area contributed by atoms with Crippen molar-refractivity contribution < 1.29 is 31.9 Å². The van der Waals surface area contributed by atoms with Gasteiger partial charge in [-0.1, -0.05) is 0 Å². The van der Waals surface area contributed by atoms with E-state index in [1.165, 1.54) is 7.11 Å². The third-order valence-electron chi connectivity index (χ3n) is 4.99. The minimum absolute atomic E-state index is 0.173. The molecule has 5 nitrogen and oxygen atoms in total. The van der Waals surface area contributed by atoms with Crippen molar-refractivity contribution in [2.75, 3.05) is 12.4 Å². The number of halogens is 4. The van der Waals surface area contributed by atoms with E-state index >= 15 is 0 Å². The number of benzene rings is 1. The number of hydrogen-bond acceptors (Lipinski definition) is 5. The van der Waals surface area contributed by atoms with Crippen molar-refractivity contribution in [3.05, 3.63) is 51.1 Å². The molecule has 31 heavy (non-hydrogen) atoms. The summed E-state index contributed by atoms with van der Waals surface area (Å²) in [6.07, 6.45) is -4.46. The third-order valence-corrected chi connectivity index (χ3v) is 6.47. The van der Waals surface area contributed by atoms with Crippen LogP contribution in [0.1, 0.15) is 64.4 Å². The Morgan fingerprint density at radius 1 is 1.19 bits per heavy atom. The fourth-order valence-electron chi connectivity index (χ4n) is 3.99. The lowest BCUT2D eigenvalue weighted by atomic mass is 9.81. The number of methoxy groups -OCH3 is 1. The number of nitrogens with one attached hydrogen (secondary N) is 2. The summed E-state index contributed by atoms with van der Waals surface area (Å²) in [5.74, 6) is -3.02. The quantitative estimate of drug-likeness (QED) is 0.496. The van der Waals surface area contributed by atoms with Gasteiger partial charge in [-0.2, -0.15) is 13.2 Å². The molecule has 1 aromatic heterocycles. The molecule has 0 fully saturated rings. The molecule has 0 unspecified atom stereocenters. The SMILES string of the molecule is COC(=O)c1c(NC(=O)c2ccc(F)c(C(F)(F)F)c2)sc2c1CC(C)(C)NC2(C)C. The zero-order chi connectivity index (χ0) is 23.4. The monoisotopic (exact) mass is 458 g/mol. The van der Waals surface area contributed by atoms with E-state index in [0.717, 1.165) is 27.8 Å². The second kappa shape index (κ2) is 7.59. The molecular formula is C21H22F4N2O3S. The first kappa shape index (κ1) is 23.2. The Labute approximate surface area is 180 Å². The van der Waals surface area contributed by atoms with Gasteiger partial charge in [-0.3, -0.25) is 4.79 Å². The highest BCUT2D eigenvalue weighted by Gasteiger charge is 2.42. The van der Waals surface area contributed by atoms with Crippen LogP contribution >= 0.6 is 11.3 Å². The molecule has 1 aliphatic rings. The number of thiophene rings is 1. The lowest BCUT2D eigenvalue weighted by molar-refractivity contribution is -0.140. The maximum atomic E-state index is 13.6. The van der Waals surface area contributed by atoms with Gasteiger partial charge in [-0.15, -0.1) is 11.3 Å². The van der Waals surface area contributed by atoms with E-state index < -0.39 is 35.0 Å². The molecule has 1 aliphatic heterocycles. The maximum Gasteiger partial charge on any atom is 0.419 e. The average Bonchev–Trinajstić information content (AvgIpc) is 2.97. The van der Waals surface area contributed by atoms with E-state index in [1.807, 2.05) is 27.7 Å². The molecule has 0 atom stereocenters. The molecular weight excluding hydrogens is 436 g/mol. The second-order valence-corrected chi connectivity index (χ2v) is 9.58. The molecule has 0 radical (unpaired) electrons. The van der Waals surface area contributed by atoms with Crippen LogP contribution in [0.25, 0.3) is 0 Å². The first-order valence-electron chi connectivity index (χ1n) is 9.38. The molecule has 0 spiro atoms. The fraction of sp³-hybridized carbons (Fsp3) is 0.429. The molecule has 2 heterocycles. The van der Waals surface area contributed by atoms with Crippen LogP contribution < -0.4 is 10.6 Å². The first-order valence-corrected chi connectivity index (χ1v) is 10.2. The molecule has 0 saturated carbocycles. The van der Waals surface area contributed by atoms with Gasteiger partial charge < -0.3 is 15.4 Å². The highest BCUT2D eigenvalue weighted by Crippen LogP contribution is 2.45. The Morgan fingerprint density at radius 2 is 1.84 bits per heavy atom. The number of alkyl halides is 3. The molecule has 2 N–H and O–H groups in total. The van der Waals surface area contributed by atoms with Gasteiger partial charge in [0, 0.05) is 21.5 Å². The molecule has 1 amide bonds. The lowest BCUT2D eigenvalue weighted by Crippen LogP contribution is -2.55. The molecule has 0 aliphatic carbocycles. The van der Waals surface area contributed by atoms with Gasteiger partial charge in [0.05, 0.1) is 18.2 Å². The van der Waals surface area contributed by atoms with Crippen LogP contribution in [0.3, 0.4) is 0 Å². The summed E-state index contributed by atoms with van der Waals surface area (Å²) in [5.41, 5.74) is -1.89. The summed E-state index contributed by atoms with van der Waals surface area (Å²) in [7, 11) is 1.21. The Morgan fingerprint density at radius 3 is 2.42 bits per heavy atom. The number of hydrogen-bond donors (Lipinski definition) is 2. The minimum atomic E-state index is -4.94. The highest BCUT2D eigenvalue weighted by molar-refractivity contribution is 7.17. The van der Waals surface area contributed by atoms with Crippen molar-refractivity contribution in [3.63, 3.8) is 0 Å². The lowest BCUT2D eigenvalue weighted by Gasteiger charge is -2.42. The van der Waals surface area contributed by atoms with Crippen molar-refractivity contribution in [2.24, 2.45) is 0 Å². The summed E-state index contributed by atoms with van der Waals surface area (Å²) in [5, 5.41) is 6.18. The zero-order valence-corrected chi connectivity index (χ0v) is 18.4. The van der Waals surface area contributed by atoms with E-state index in [9.17, 15) is 27.2 Å². The Kier molecular flexibility index (Phi) is 5.69. The molecule has 0 saturated heterocycles. The van der Waals surface area contributed by atoms with Crippen molar-refractivity contribution in [1.29, 1.82) is 0 Å². The number of fused-ring (bicyclic) bond motifs is 1. The molecule has 3 rings (SSSR count). The summed E-state index contributed by atoms with van der Waals surface area (Å²) < 4.78 is 57.5. The van der Waals surface area contributed by atoms with Crippen LogP contribution in [0.15, 0.2) is 18.2 Å².